The van der Waals surface area contributed by atoms with Crippen LogP contribution in [-0.2, 0) is 9.31 Å². The van der Waals surface area contributed by atoms with Gasteiger partial charge in [0.15, 0.2) is 5.82 Å². The lowest BCUT2D eigenvalue weighted by atomic mass is 9.78. The Morgan fingerprint density at radius 2 is 1.27 bits per heavy atom. The summed E-state index contributed by atoms with van der Waals surface area (Å²) in [4.78, 5) is 10.2. The van der Waals surface area contributed by atoms with Crippen molar-refractivity contribution in [1.29, 1.82) is 0 Å². The fraction of sp³-hybridized carbons (Fsp3) is 0.176. The zero-order valence-electron chi connectivity index (χ0n) is 23.0. The van der Waals surface area contributed by atoms with Gasteiger partial charge in [-0.2, -0.15) is 0 Å². The van der Waals surface area contributed by atoms with Gasteiger partial charge in [-0.25, -0.2) is 9.97 Å². The molecule has 0 atom stereocenters. The first-order valence-corrected chi connectivity index (χ1v) is 14.4. The fourth-order valence-electron chi connectivity index (χ4n) is 5.22. The highest BCUT2D eigenvalue weighted by molar-refractivity contribution is 7.26. The third kappa shape index (κ3) is 4.24. The predicted octanol–water partition coefficient (Wildman–Crippen LogP) is 8.14. The highest BCUT2D eigenvalue weighted by atomic mass is 32.1. The van der Waals surface area contributed by atoms with Crippen LogP contribution in [0.1, 0.15) is 27.7 Å². The number of thiophene rings is 1. The van der Waals surface area contributed by atoms with Crippen LogP contribution < -0.4 is 5.46 Å². The molecule has 0 N–H and O–H groups in total. The monoisotopic (exact) mass is 540 g/mol. The number of benzene rings is 4. The van der Waals surface area contributed by atoms with Gasteiger partial charge in [0, 0.05) is 31.3 Å². The number of rotatable bonds is 4. The summed E-state index contributed by atoms with van der Waals surface area (Å²) in [6, 6.07) is 35.7. The smallest absolute Gasteiger partial charge is 0.399 e. The topological polar surface area (TPSA) is 44.2 Å². The first-order valence-electron chi connectivity index (χ1n) is 13.6. The molecule has 196 valence electrons. The van der Waals surface area contributed by atoms with E-state index in [-0.39, 0.29) is 0 Å². The molecule has 6 aromatic rings. The Kier molecular flexibility index (Phi) is 5.90. The van der Waals surface area contributed by atoms with Crippen molar-refractivity contribution in [3.8, 4) is 33.9 Å². The minimum absolute atomic E-state index is 0.404. The second-order valence-electron chi connectivity index (χ2n) is 11.3. The van der Waals surface area contributed by atoms with Crippen LogP contribution in [0.4, 0.5) is 0 Å². The van der Waals surface area contributed by atoms with Crippen molar-refractivity contribution in [3.63, 3.8) is 0 Å². The SMILES string of the molecule is CC1(C)OB(c2cccc(-c3cc(-c4cccc5c4sc4ccccc45)nc(-c4ccccc4)n3)c2)OC1(C)C. The standard InChI is InChI=1S/C34H29BN2O2S/c1-33(2)34(3,4)39-35(38-33)24-15-10-14-23(20-24)28-21-29(37-32(36-28)22-12-6-5-7-13-22)27-18-11-17-26-25-16-8-9-19-30(25)40-31(26)27/h5-21H,1-4H3. The van der Waals surface area contributed by atoms with Gasteiger partial charge in [0.1, 0.15) is 0 Å². The molecule has 1 fully saturated rings. The normalized spacial score (nSPS) is 16.1. The number of hydrogen-bond donors (Lipinski definition) is 0. The molecule has 0 aliphatic carbocycles. The summed E-state index contributed by atoms with van der Waals surface area (Å²) in [6.45, 7) is 8.31. The lowest BCUT2D eigenvalue weighted by Crippen LogP contribution is -2.41. The van der Waals surface area contributed by atoms with Crippen molar-refractivity contribution in [2.24, 2.45) is 0 Å². The summed E-state index contributed by atoms with van der Waals surface area (Å²) in [5.41, 5.74) is 5.03. The van der Waals surface area contributed by atoms with E-state index in [0.717, 1.165) is 33.5 Å². The highest BCUT2D eigenvalue weighted by Crippen LogP contribution is 2.40. The number of aromatic nitrogens is 2. The van der Waals surface area contributed by atoms with Crippen molar-refractivity contribution in [2.45, 2.75) is 38.9 Å². The Labute approximate surface area is 238 Å². The largest absolute Gasteiger partial charge is 0.494 e. The second kappa shape index (κ2) is 9.38. The summed E-state index contributed by atoms with van der Waals surface area (Å²) in [5, 5.41) is 2.53. The zero-order valence-corrected chi connectivity index (χ0v) is 23.8. The fourth-order valence-corrected chi connectivity index (χ4v) is 6.45. The van der Waals surface area contributed by atoms with Crippen molar-refractivity contribution in [2.75, 3.05) is 0 Å². The summed E-state index contributed by atoms with van der Waals surface area (Å²) in [7, 11) is -0.438. The second-order valence-corrected chi connectivity index (χ2v) is 12.4. The van der Waals surface area contributed by atoms with Crippen LogP contribution in [0.5, 0.6) is 0 Å². The van der Waals surface area contributed by atoms with Crippen LogP contribution in [0, 0.1) is 0 Å². The number of fused-ring (bicyclic) bond motifs is 3. The van der Waals surface area contributed by atoms with Crippen LogP contribution in [0.15, 0.2) is 103 Å². The molecule has 40 heavy (non-hydrogen) atoms. The molecule has 0 spiro atoms. The molecular formula is C34H29BN2O2S. The van der Waals surface area contributed by atoms with Gasteiger partial charge in [0.2, 0.25) is 0 Å². The molecule has 0 radical (unpaired) electrons. The van der Waals surface area contributed by atoms with E-state index in [1.165, 1.54) is 20.2 Å². The van der Waals surface area contributed by atoms with E-state index in [4.69, 9.17) is 19.3 Å². The van der Waals surface area contributed by atoms with Gasteiger partial charge in [-0.1, -0.05) is 91.0 Å². The van der Waals surface area contributed by atoms with Crippen molar-refractivity contribution in [3.05, 3.63) is 103 Å². The minimum Gasteiger partial charge on any atom is -0.399 e. The molecule has 4 aromatic carbocycles. The van der Waals surface area contributed by atoms with E-state index in [0.29, 0.717) is 5.82 Å². The molecule has 0 bridgehead atoms. The third-order valence-corrected chi connectivity index (χ3v) is 9.37. The molecule has 4 nitrogen and oxygen atoms in total. The van der Waals surface area contributed by atoms with Gasteiger partial charge in [0.25, 0.3) is 0 Å². The van der Waals surface area contributed by atoms with E-state index >= 15 is 0 Å². The maximum atomic E-state index is 6.35. The molecule has 1 aliphatic rings. The van der Waals surface area contributed by atoms with Crippen LogP contribution in [-0.4, -0.2) is 28.3 Å². The van der Waals surface area contributed by atoms with Gasteiger partial charge in [-0.05, 0) is 50.9 Å². The summed E-state index contributed by atoms with van der Waals surface area (Å²) >= 11 is 1.81. The highest BCUT2D eigenvalue weighted by Gasteiger charge is 2.51. The lowest BCUT2D eigenvalue weighted by molar-refractivity contribution is 0.00578. The lowest BCUT2D eigenvalue weighted by Gasteiger charge is -2.32. The predicted molar refractivity (Wildman–Crippen MR) is 167 cm³/mol. The Morgan fingerprint density at radius 3 is 2.08 bits per heavy atom. The Hall–Kier alpha value is -3.84. The van der Waals surface area contributed by atoms with E-state index in [2.05, 4.69) is 107 Å². The molecule has 1 saturated heterocycles. The molecule has 6 heteroatoms. The molecule has 7 rings (SSSR count). The number of hydrogen-bond acceptors (Lipinski definition) is 5. The van der Waals surface area contributed by atoms with Crippen LogP contribution in [0.25, 0.3) is 54.1 Å². The molecule has 0 amide bonds. The van der Waals surface area contributed by atoms with Crippen LogP contribution in [0.2, 0.25) is 0 Å². The van der Waals surface area contributed by atoms with Gasteiger partial charge < -0.3 is 9.31 Å². The van der Waals surface area contributed by atoms with Gasteiger partial charge >= 0.3 is 7.12 Å². The minimum atomic E-state index is -0.438. The van der Waals surface area contributed by atoms with Crippen LogP contribution >= 0.6 is 11.3 Å². The van der Waals surface area contributed by atoms with Gasteiger partial charge in [0.05, 0.1) is 22.6 Å². The molecule has 1 aliphatic heterocycles. The maximum Gasteiger partial charge on any atom is 0.494 e. The average molecular weight is 540 g/mol. The number of nitrogens with zero attached hydrogens (tertiary/aromatic N) is 2. The summed E-state index contributed by atoms with van der Waals surface area (Å²) in [6.07, 6.45) is 0. The zero-order chi connectivity index (χ0) is 27.5. The molecule has 0 unspecified atom stereocenters. The summed E-state index contributed by atoms with van der Waals surface area (Å²) < 4.78 is 15.2. The first-order chi connectivity index (χ1) is 19.3. The molecule has 3 heterocycles. The Balaban J connectivity index is 1.39. The van der Waals surface area contributed by atoms with Crippen molar-refractivity contribution < 1.29 is 9.31 Å². The quantitative estimate of drug-likeness (QED) is 0.212. The maximum absolute atomic E-state index is 6.35. The van der Waals surface area contributed by atoms with Crippen molar-refractivity contribution in [1.82, 2.24) is 9.97 Å². The van der Waals surface area contributed by atoms with E-state index < -0.39 is 18.3 Å². The summed E-state index contributed by atoms with van der Waals surface area (Å²) in [5.74, 6) is 0.701. The van der Waals surface area contributed by atoms with Gasteiger partial charge in [-0.15, -0.1) is 11.3 Å². The Bertz CT molecular complexity index is 1860. The first kappa shape index (κ1) is 25.2. The molecular weight excluding hydrogens is 511 g/mol. The van der Waals surface area contributed by atoms with Gasteiger partial charge in [-0.3, -0.25) is 0 Å². The average Bonchev–Trinajstić information content (AvgIpc) is 3.46. The van der Waals surface area contributed by atoms with E-state index in [9.17, 15) is 0 Å². The van der Waals surface area contributed by atoms with E-state index in [1.807, 2.05) is 35.6 Å². The molecule has 2 aromatic heterocycles. The van der Waals surface area contributed by atoms with Crippen molar-refractivity contribution >= 4 is 44.1 Å². The third-order valence-electron chi connectivity index (χ3n) is 8.15. The molecule has 0 saturated carbocycles. The van der Waals surface area contributed by atoms with Crippen LogP contribution in [0.3, 0.4) is 0 Å². The Morgan fingerprint density at radius 1 is 0.625 bits per heavy atom. The van der Waals surface area contributed by atoms with E-state index in [1.54, 1.807) is 0 Å².